The summed E-state index contributed by atoms with van der Waals surface area (Å²) in [6, 6.07) is 11.3. The normalized spacial score (nSPS) is 12.3. The number of benzene rings is 2. The second kappa shape index (κ2) is 5.74. The number of rotatable bonds is 3. The Bertz CT molecular complexity index is 595. The second-order valence-corrected chi connectivity index (χ2v) is 5.75. The van der Waals surface area contributed by atoms with Crippen molar-refractivity contribution in [2.75, 3.05) is 5.32 Å². The lowest BCUT2D eigenvalue weighted by molar-refractivity contribution is 0.599. The first kappa shape index (κ1) is 14.1. The summed E-state index contributed by atoms with van der Waals surface area (Å²) < 4.78 is 14.6. The lowest BCUT2D eigenvalue weighted by Gasteiger charge is -2.17. The van der Waals surface area contributed by atoms with Crippen LogP contribution in [0.1, 0.15) is 29.7 Å². The molecule has 0 saturated heterocycles. The molecule has 1 N–H and O–H groups in total. The van der Waals surface area contributed by atoms with Crippen LogP contribution in [-0.2, 0) is 0 Å². The van der Waals surface area contributed by atoms with E-state index in [9.17, 15) is 4.39 Å². The first-order valence-corrected chi connectivity index (χ1v) is 7.05. The van der Waals surface area contributed by atoms with Gasteiger partial charge in [0.15, 0.2) is 0 Å². The Labute approximate surface area is 122 Å². The smallest absolute Gasteiger partial charge is 0.129 e. The summed E-state index contributed by atoms with van der Waals surface area (Å²) in [5, 5.41) is 3.33. The maximum Gasteiger partial charge on any atom is 0.129 e. The van der Waals surface area contributed by atoms with Crippen molar-refractivity contribution in [3.05, 3.63) is 63.4 Å². The molecule has 0 saturated carbocycles. The number of halogens is 2. The van der Waals surface area contributed by atoms with Gasteiger partial charge in [-0.1, -0.05) is 28.1 Å². The summed E-state index contributed by atoms with van der Waals surface area (Å²) in [5.41, 5.74) is 4.17. The van der Waals surface area contributed by atoms with Crippen LogP contribution in [0.2, 0.25) is 0 Å². The Kier molecular flexibility index (Phi) is 4.25. The predicted molar refractivity (Wildman–Crippen MR) is 82.1 cm³/mol. The molecule has 0 aliphatic heterocycles. The van der Waals surface area contributed by atoms with Gasteiger partial charge in [0, 0.05) is 15.7 Å². The van der Waals surface area contributed by atoms with Crippen molar-refractivity contribution in [1.29, 1.82) is 0 Å². The topological polar surface area (TPSA) is 12.0 Å². The molecule has 0 aliphatic carbocycles. The summed E-state index contributed by atoms with van der Waals surface area (Å²) in [4.78, 5) is 0. The third kappa shape index (κ3) is 3.35. The molecule has 0 aromatic heterocycles. The molecule has 1 atom stereocenters. The summed E-state index contributed by atoms with van der Waals surface area (Å²) in [6.45, 7) is 6.11. The van der Waals surface area contributed by atoms with Crippen LogP contribution in [0.5, 0.6) is 0 Å². The minimum atomic E-state index is -0.196. The van der Waals surface area contributed by atoms with Crippen LogP contribution in [0, 0.1) is 19.7 Å². The van der Waals surface area contributed by atoms with E-state index in [1.807, 2.05) is 19.1 Å². The maximum absolute atomic E-state index is 13.9. The Morgan fingerprint density at radius 1 is 1.05 bits per heavy atom. The minimum Gasteiger partial charge on any atom is -0.378 e. The number of hydrogen-bond donors (Lipinski definition) is 1. The van der Waals surface area contributed by atoms with Gasteiger partial charge in [0.05, 0.1) is 6.04 Å². The molecule has 2 rings (SSSR count). The molecule has 19 heavy (non-hydrogen) atoms. The second-order valence-electron chi connectivity index (χ2n) is 4.83. The van der Waals surface area contributed by atoms with Crippen LogP contribution in [0.4, 0.5) is 10.1 Å². The zero-order valence-electron chi connectivity index (χ0n) is 11.3. The largest absolute Gasteiger partial charge is 0.378 e. The van der Waals surface area contributed by atoms with Crippen molar-refractivity contribution >= 4 is 21.6 Å². The van der Waals surface area contributed by atoms with E-state index in [2.05, 4.69) is 47.2 Å². The van der Waals surface area contributed by atoms with Gasteiger partial charge in [0.2, 0.25) is 0 Å². The summed E-state index contributed by atoms with van der Waals surface area (Å²) in [7, 11) is 0. The molecule has 2 aromatic carbocycles. The van der Waals surface area contributed by atoms with Crippen molar-refractivity contribution in [1.82, 2.24) is 0 Å². The Morgan fingerprint density at radius 2 is 1.79 bits per heavy atom. The van der Waals surface area contributed by atoms with Crippen LogP contribution in [0.3, 0.4) is 0 Å². The van der Waals surface area contributed by atoms with Gasteiger partial charge >= 0.3 is 0 Å². The average Bonchev–Trinajstić information content (AvgIpc) is 2.33. The molecule has 0 bridgehead atoms. The number of nitrogens with one attached hydrogen (secondary N) is 1. The molecule has 0 aliphatic rings. The van der Waals surface area contributed by atoms with Gasteiger partial charge in [-0.2, -0.15) is 0 Å². The van der Waals surface area contributed by atoms with Gasteiger partial charge in [0.1, 0.15) is 5.82 Å². The summed E-state index contributed by atoms with van der Waals surface area (Å²) >= 11 is 3.27. The summed E-state index contributed by atoms with van der Waals surface area (Å²) in [6.07, 6.45) is 0. The highest BCUT2D eigenvalue weighted by Crippen LogP contribution is 2.25. The van der Waals surface area contributed by atoms with Gasteiger partial charge < -0.3 is 5.32 Å². The molecular weight excluding hydrogens is 305 g/mol. The molecule has 0 spiro atoms. The van der Waals surface area contributed by atoms with Crippen LogP contribution in [-0.4, -0.2) is 0 Å². The lowest BCUT2D eigenvalue weighted by Crippen LogP contribution is -2.08. The number of hydrogen-bond acceptors (Lipinski definition) is 1. The molecule has 1 nitrogen and oxygen atoms in total. The fourth-order valence-electron chi connectivity index (χ4n) is 2.01. The molecule has 2 aromatic rings. The molecule has 0 amide bonds. The van der Waals surface area contributed by atoms with Crippen LogP contribution < -0.4 is 5.32 Å². The van der Waals surface area contributed by atoms with Crippen molar-refractivity contribution in [2.45, 2.75) is 26.8 Å². The van der Waals surface area contributed by atoms with E-state index in [1.54, 1.807) is 6.07 Å². The van der Waals surface area contributed by atoms with E-state index in [0.717, 1.165) is 10.2 Å². The number of aryl methyl sites for hydroxylation is 2. The van der Waals surface area contributed by atoms with E-state index in [1.165, 1.54) is 17.2 Å². The molecule has 0 heterocycles. The zero-order valence-corrected chi connectivity index (χ0v) is 12.9. The monoisotopic (exact) mass is 321 g/mol. The fraction of sp³-hybridized carbons (Fsp3) is 0.250. The Morgan fingerprint density at radius 3 is 2.42 bits per heavy atom. The van der Waals surface area contributed by atoms with Gasteiger partial charge in [-0.05, 0) is 56.2 Å². The van der Waals surface area contributed by atoms with E-state index in [0.29, 0.717) is 5.56 Å². The SMILES string of the molecule is Cc1ccc(NC(C)c2ccc(Br)cc2F)cc1C. The van der Waals surface area contributed by atoms with Gasteiger partial charge in [-0.3, -0.25) is 0 Å². The standard InChI is InChI=1S/C16H17BrFN/c1-10-4-6-14(8-11(10)2)19-12(3)15-7-5-13(17)9-16(15)18/h4-9,12,19H,1-3H3. The van der Waals surface area contributed by atoms with Crippen molar-refractivity contribution in [2.24, 2.45) is 0 Å². The van der Waals surface area contributed by atoms with E-state index >= 15 is 0 Å². The van der Waals surface area contributed by atoms with Crippen LogP contribution in [0.25, 0.3) is 0 Å². The highest BCUT2D eigenvalue weighted by molar-refractivity contribution is 9.10. The third-order valence-corrected chi connectivity index (χ3v) is 3.81. The van der Waals surface area contributed by atoms with Crippen molar-refractivity contribution in [3.63, 3.8) is 0 Å². The molecule has 100 valence electrons. The van der Waals surface area contributed by atoms with Gasteiger partial charge in [0.25, 0.3) is 0 Å². The first-order chi connectivity index (χ1) is 8.97. The Hall–Kier alpha value is -1.35. The minimum absolute atomic E-state index is 0.0739. The molecular formula is C16H17BrFN. The lowest BCUT2D eigenvalue weighted by atomic mass is 10.1. The van der Waals surface area contributed by atoms with Crippen LogP contribution in [0.15, 0.2) is 40.9 Å². The van der Waals surface area contributed by atoms with E-state index < -0.39 is 0 Å². The third-order valence-electron chi connectivity index (χ3n) is 3.32. The van der Waals surface area contributed by atoms with Crippen molar-refractivity contribution < 1.29 is 4.39 Å². The highest BCUT2D eigenvalue weighted by Gasteiger charge is 2.11. The molecule has 3 heteroatoms. The van der Waals surface area contributed by atoms with Gasteiger partial charge in [-0.25, -0.2) is 4.39 Å². The zero-order chi connectivity index (χ0) is 14.0. The van der Waals surface area contributed by atoms with Gasteiger partial charge in [-0.15, -0.1) is 0 Å². The van der Waals surface area contributed by atoms with Crippen molar-refractivity contribution in [3.8, 4) is 0 Å². The average molecular weight is 322 g/mol. The maximum atomic E-state index is 13.9. The fourth-order valence-corrected chi connectivity index (χ4v) is 2.34. The number of anilines is 1. The predicted octanol–water partition coefficient (Wildman–Crippen LogP) is 5.38. The highest BCUT2D eigenvalue weighted by atomic mass is 79.9. The first-order valence-electron chi connectivity index (χ1n) is 6.26. The van der Waals surface area contributed by atoms with E-state index in [4.69, 9.17) is 0 Å². The van der Waals surface area contributed by atoms with Crippen LogP contribution >= 0.6 is 15.9 Å². The van der Waals surface area contributed by atoms with E-state index in [-0.39, 0.29) is 11.9 Å². The molecule has 0 radical (unpaired) electrons. The quantitative estimate of drug-likeness (QED) is 0.800. The molecule has 0 fully saturated rings. The summed E-state index contributed by atoms with van der Waals surface area (Å²) in [5.74, 6) is -0.196. The Balaban J connectivity index is 2.20. The molecule has 1 unspecified atom stereocenters.